The van der Waals surface area contributed by atoms with Crippen LogP contribution < -0.4 is 20.7 Å². The summed E-state index contributed by atoms with van der Waals surface area (Å²) < 4.78 is 7.76. The quantitative estimate of drug-likeness (QED) is 0.565. The molecule has 0 radical (unpaired) electrons. The highest BCUT2D eigenvalue weighted by molar-refractivity contribution is 5.74. The first-order chi connectivity index (χ1) is 14.7. The van der Waals surface area contributed by atoms with Gasteiger partial charge in [-0.15, -0.1) is 0 Å². The van der Waals surface area contributed by atoms with Gasteiger partial charge in [-0.2, -0.15) is 15.3 Å². The lowest BCUT2D eigenvalue weighted by molar-refractivity contribution is 0.166. The lowest BCUT2D eigenvalue weighted by Crippen LogP contribution is -2.37. The van der Waals surface area contributed by atoms with Crippen molar-refractivity contribution >= 4 is 17.5 Å². The summed E-state index contributed by atoms with van der Waals surface area (Å²) in [5, 5.41) is 23.1. The number of hydrogen-bond donors (Lipinski definition) is 3. The maximum absolute atomic E-state index is 9.37. The Morgan fingerprint density at radius 1 is 1.30 bits per heavy atom. The molecule has 4 rings (SSSR count). The smallest absolute Gasteiger partial charge is 0.229 e. The summed E-state index contributed by atoms with van der Waals surface area (Å²) in [6.07, 6.45) is 8.99. The molecular formula is C20H23N9O. The van der Waals surface area contributed by atoms with E-state index < -0.39 is 0 Å². The monoisotopic (exact) mass is 405 g/mol. The molecule has 1 saturated heterocycles. The highest BCUT2D eigenvalue weighted by atomic mass is 16.5. The molecule has 0 aliphatic carbocycles. The molecule has 0 saturated carbocycles. The van der Waals surface area contributed by atoms with Crippen molar-refractivity contribution in [2.75, 3.05) is 30.8 Å². The molecular weight excluding hydrogens is 382 g/mol. The molecule has 1 fully saturated rings. The Labute approximate surface area is 174 Å². The Morgan fingerprint density at radius 3 is 2.90 bits per heavy atom. The molecule has 10 heteroatoms. The molecule has 10 nitrogen and oxygen atoms in total. The van der Waals surface area contributed by atoms with Gasteiger partial charge >= 0.3 is 0 Å². The van der Waals surface area contributed by atoms with Gasteiger partial charge in [0.25, 0.3) is 0 Å². The fraction of sp³-hybridized carbons (Fsp3) is 0.350. The van der Waals surface area contributed by atoms with Crippen LogP contribution in [-0.2, 0) is 7.05 Å². The van der Waals surface area contributed by atoms with Crippen LogP contribution in [0, 0.1) is 11.3 Å². The first kappa shape index (κ1) is 19.6. The third-order valence-electron chi connectivity index (χ3n) is 4.80. The zero-order chi connectivity index (χ0) is 20.9. The van der Waals surface area contributed by atoms with Crippen molar-refractivity contribution in [1.29, 1.82) is 5.26 Å². The van der Waals surface area contributed by atoms with Crippen LogP contribution >= 0.6 is 0 Å². The minimum atomic E-state index is 0.0220. The Hall–Kier alpha value is -3.71. The van der Waals surface area contributed by atoms with Crippen molar-refractivity contribution in [1.82, 2.24) is 30.0 Å². The van der Waals surface area contributed by atoms with Crippen LogP contribution in [0.2, 0.25) is 0 Å². The number of aryl methyl sites for hydroxylation is 1. The lowest BCUT2D eigenvalue weighted by Gasteiger charge is -2.24. The number of ether oxygens (including phenoxy) is 1. The molecule has 1 unspecified atom stereocenters. The fourth-order valence-electron chi connectivity index (χ4n) is 3.32. The van der Waals surface area contributed by atoms with Crippen molar-refractivity contribution in [3.8, 4) is 22.9 Å². The summed E-state index contributed by atoms with van der Waals surface area (Å²) in [5.74, 6) is 1.53. The normalized spacial score (nSPS) is 16.0. The van der Waals surface area contributed by atoms with E-state index >= 15 is 0 Å². The molecule has 0 amide bonds. The molecule has 1 aliphatic rings. The predicted molar refractivity (Wildman–Crippen MR) is 113 cm³/mol. The van der Waals surface area contributed by atoms with E-state index in [0.29, 0.717) is 23.2 Å². The van der Waals surface area contributed by atoms with Gasteiger partial charge in [0.1, 0.15) is 18.0 Å². The number of rotatable bonds is 6. The van der Waals surface area contributed by atoms with Crippen molar-refractivity contribution in [2.24, 2.45) is 7.05 Å². The first-order valence-electron chi connectivity index (χ1n) is 9.74. The molecule has 30 heavy (non-hydrogen) atoms. The third kappa shape index (κ3) is 4.31. The maximum Gasteiger partial charge on any atom is 0.229 e. The summed E-state index contributed by atoms with van der Waals surface area (Å²) >= 11 is 0. The standard InChI is InChI=1S/C20H23N9O/c1-22-19-16(13-8-26-29(2)12-13)11-25-20(28-19)27-14-6-18(17(7-21)24-9-14)30-15-4-3-5-23-10-15/h6,8-9,11-12,15,23H,3-5,10H2,1-2H3,(H2,22,25,27,28). The Balaban J connectivity index is 1.56. The Morgan fingerprint density at radius 2 is 2.20 bits per heavy atom. The van der Waals surface area contributed by atoms with E-state index in [0.717, 1.165) is 37.1 Å². The van der Waals surface area contributed by atoms with E-state index in [1.54, 1.807) is 36.4 Å². The first-order valence-corrected chi connectivity index (χ1v) is 9.74. The van der Waals surface area contributed by atoms with Gasteiger partial charge in [-0.25, -0.2) is 9.97 Å². The number of nitrogens with zero attached hydrogens (tertiary/aromatic N) is 6. The average molecular weight is 405 g/mol. The van der Waals surface area contributed by atoms with Gasteiger partial charge in [-0.05, 0) is 19.4 Å². The van der Waals surface area contributed by atoms with E-state index in [4.69, 9.17) is 4.74 Å². The van der Waals surface area contributed by atoms with Crippen LogP contribution in [0.3, 0.4) is 0 Å². The maximum atomic E-state index is 9.37. The SMILES string of the molecule is CNc1nc(Nc2cnc(C#N)c(OC3CCCNC3)c2)ncc1-c1cnn(C)c1. The second-order valence-electron chi connectivity index (χ2n) is 7.00. The van der Waals surface area contributed by atoms with Gasteiger partial charge in [0.15, 0.2) is 11.4 Å². The summed E-state index contributed by atoms with van der Waals surface area (Å²) in [6, 6.07) is 3.85. The molecule has 0 spiro atoms. The number of piperidine rings is 1. The Kier molecular flexibility index (Phi) is 5.72. The number of hydrogen-bond acceptors (Lipinski definition) is 9. The third-order valence-corrected chi connectivity index (χ3v) is 4.80. The fourth-order valence-corrected chi connectivity index (χ4v) is 3.32. The second-order valence-corrected chi connectivity index (χ2v) is 7.00. The van der Waals surface area contributed by atoms with E-state index in [9.17, 15) is 5.26 Å². The van der Waals surface area contributed by atoms with Crippen molar-refractivity contribution in [2.45, 2.75) is 18.9 Å². The zero-order valence-electron chi connectivity index (χ0n) is 16.9. The highest BCUT2D eigenvalue weighted by Gasteiger charge is 2.18. The van der Waals surface area contributed by atoms with Crippen LogP contribution in [-0.4, -0.2) is 51.0 Å². The minimum absolute atomic E-state index is 0.0220. The minimum Gasteiger partial charge on any atom is -0.486 e. The molecule has 154 valence electrons. The van der Waals surface area contributed by atoms with Crippen molar-refractivity contribution in [3.63, 3.8) is 0 Å². The predicted octanol–water partition coefficient (Wildman–Crippen LogP) is 2.06. The molecule has 0 aromatic carbocycles. The molecule has 0 bridgehead atoms. The van der Waals surface area contributed by atoms with Crippen LogP contribution in [0.4, 0.5) is 17.5 Å². The average Bonchev–Trinajstić information content (AvgIpc) is 3.20. The molecule has 3 N–H and O–H groups in total. The van der Waals surface area contributed by atoms with Crippen LogP contribution in [0.5, 0.6) is 5.75 Å². The number of pyridine rings is 1. The van der Waals surface area contributed by atoms with Gasteiger partial charge in [-0.3, -0.25) is 4.68 Å². The Bertz CT molecular complexity index is 1070. The van der Waals surface area contributed by atoms with Crippen LogP contribution in [0.15, 0.2) is 30.9 Å². The van der Waals surface area contributed by atoms with E-state index in [1.807, 2.05) is 13.2 Å². The van der Waals surface area contributed by atoms with Crippen molar-refractivity contribution < 1.29 is 4.74 Å². The van der Waals surface area contributed by atoms with Gasteiger partial charge in [0, 0.05) is 50.2 Å². The van der Waals surface area contributed by atoms with E-state index in [1.165, 1.54) is 0 Å². The van der Waals surface area contributed by atoms with Gasteiger partial charge < -0.3 is 20.7 Å². The number of nitrogens with one attached hydrogen (secondary N) is 3. The van der Waals surface area contributed by atoms with E-state index in [2.05, 4.69) is 42.1 Å². The summed E-state index contributed by atoms with van der Waals surface area (Å²) in [5.41, 5.74) is 2.67. The molecule has 3 aromatic heterocycles. The lowest BCUT2D eigenvalue weighted by atomic mass is 10.1. The van der Waals surface area contributed by atoms with Gasteiger partial charge in [0.05, 0.1) is 18.1 Å². The number of anilines is 3. The number of nitriles is 1. The van der Waals surface area contributed by atoms with Gasteiger partial charge in [-0.1, -0.05) is 0 Å². The van der Waals surface area contributed by atoms with Crippen LogP contribution in [0.25, 0.3) is 11.1 Å². The largest absolute Gasteiger partial charge is 0.486 e. The molecule has 1 aliphatic heterocycles. The number of aromatic nitrogens is 5. The second kappa shape index (κ2) is 8.75. The summed E-state index contributed by atoms with van der Waals surface area (Å²) in [7, 11) is 3.67. The van der Waals surface area contributed by atoms with Crippen molar-refractivity contribution in [3.05, 3.63) is 36.5 Å². The molecule has 1 atom stereocenters. The van der Waals surface area contributed by atoms with Crippen LogP contribution in [0.1, 0.15) is 18.5 Å². The molecule has 3 aromatic rings. The highest BCUT2D eigenvalue weighted by Crippen LogP contribution is 2.28. The van der Waals surface area contributed by atoms with Gasteiger partial charge in [0.2, 0.25) is 5.95 Å². The summed E-state index contributed by atoms with van der Waals surface area (Å²) in [4.78, 5) is 13.2. The zero-order valence-corrected chi connectivity index (χ0v) is 16.9. The summed E-state index contributed by atoms with van der Waals surface area (Å²) in [6.45, 7) is 1.75. The topological polar surface area (TPSA) is 126 Å². The molecule has 4 heterocycles. The van der Waals surface area contributed by atoms with E-state index in [-0.39, 0.29) is 11.8 Å².